The lowest BCUT2D eigenvalue weighted by molar-refractivity contribution is -0.157. The van der Waals surface area contributed by atoms with Crippen molar-refractivity contribution in [1.82, 2.24) is 10.2 Å². The molecule has 3 unspecified atom stereocenters. The van der Waals surface area contributed by atoms with E-state index in [0.29, 0.717) is 6.54 Å². The minimum absolute atomic E-state index is 0.0400. The molecule has 0 spiro atoms. The van der Waals surface area contributed by atoms with E-state index in [2.05, 4.69) is 29.6 Å². The molecule has 2 aliphatic rings. The molecular formula is C28H34N2O5. The van der Waals surface area contributed by atoms with E-state index < -0.39 is 24.0 Å². The second-order valence-electron chi connectivity index (χ2n) is 9.99. The van der Waals surface area contributed by atoms with E-state index in [1.165, 1.54) is 4.90 Å². The Hall–Kier alpha value is -3.35. The maximum absolute atomic E-state index is 13.3. The van der Waals surface area contributed by atoms with Gasteiger partial charge in [-0.3, -0.25) is 4.79 Å². The zero-order chi connectivity index (χ0) is 25.1. The van der Waals surface area contributed by atoms with Crippen molar-refractivity contribution in [3.05, 3.63) is 59.7 Å². The van der Waals surface area contributed by atoms with Crippen LogP contribution in [-0.4, -0.2) is 53.7 Å². The lowest BCUT2D eigenvalue weighted by Crippen LogP contribution is -2.55. The van der Waals surface area contributed by atoms with Gasteiger partial charge in [0.05, 0.1) is 5.92 Å². The molecule has 1 saturated heterocycles. The van der Waals surface area contributed by atoms with Crippen LogP contribution in [0.15, 0.2) is 48.5 Å². The molecule has 2 N–H and O–H groups in total. The standard InChI is InChI=1S/C28H34N2O5/c1-17(2)23(26(31)30-14-8-9-18(3)25(30)27(32)33)15-29-28(34)35-16-24-21-12-6-4-10-19(21)20-11-5-7-13-22(20)24/h4-7,10-13,17-18,23-25H,8-9,14-16H2,1-3H3,(H,29,34)(H,32,33). The molecular weight excluding hydrogens is 444 g/mol. The van der Waals surface area contributed by atoms with Crippen LogP contribution in [0.25, 0.3) is 11.1 Å². The summed E-state index contributed by atoms with van der Waals surface area (Å²) in [7, 11) is 0. The molecule has 0 bridgehead atoms. The second-order valence-corrected chi connectivity index (χ2v) is 9.99. The van der Waals surface area contributed by atoms with Gasteiger partial charge in [0.25, 0.3) is 0 Å². The molecule has 7 nitrogen and oxygen atoms in total. The number of carboxylic acids is 1. The number of alkyl carbamates (subject to hydrolysis) is 1. The molecule has 2 aromatic carbocycles. The summed E-state index contributed by atoms with van der Waals surface area (Å²) in [4.78, 5) is 39.3. The van der Waals surface area contributed by atoms with Crippen LogP contribution in [0.1, 0.15) is 50.7 Å². The smallest absolute Gasteiger partial charge is 0.407 e. The van der Waals surface area contributed by atoms with E-state index in [0.717, 1.165) is 35.1 Å². The third-order valence-corrected chi connectivity index (χ3v) is 7.40. The van der Waals surface area contributed by atoms with Gasteiger partial charge in [0.2, 0.25) is 5.91 Å². The van der Waals surface area contributed by atoms with Gasteiger partial charge in [0.1, 0.15) is 12.6 Å². The van der Waals surface area contributed by atoms with Crippen molar-refractivity contribution in [2.45, 2.75) is 45.6 Å². The molecule has 2 aromatic rings. The van der Waals surface area contributed by atoms with Crippen LogP contribution in [0.5, 0.6) is 0 Å². The molecule has 0 saturated carbocycles. The van der Waals surface area contributed by atoms with Gasteiger partial charge in [-0.2, -0.15) is 0 Å². The van der Waals surface area contributed by atoms with Crippen LogP contribution in [0.4, 0.5) is 4.79 Å². The number of likely N-dealkylation sites (tertiary alicyclic amines) is 1. The molecule has 186 valence electrons. The number of nitrogens with zero attached hydrogens (tertiary/aromatic N) is 1. The monoisotopic (exact) mass is 478 g/mol. The van der Waals surface area contributed by atoms with E-state index in [1.54, 1.807) is 0 Å². The number of nitrogens with one attached hydrogen (secondary N) is 1. The Bertz CT molecular complexity index is 1050. The predicted molar refractivity (Wildman–Crippen MR) is 133 cm³/mol. The van der Waals surface area contributed by atoms with Crippen LogP contribution < -0.4 is 5.32 Å². The highest BCUT2D eigenvalue weighted by molar-refractivity contribution is 5.86. The van der Waals surface area contributed by atoms with Gasteiger partial charge in [-0.05, 0) is 46.9 Å². The average molecular weight is 479 g/mol. The molecule has 3 atom stereocenters. The number of carboxylic acid groups (broad SMARTS) is 1. The van der Waals surface area contributed by atoms with E-state index in [4.69, 9.17) is 4.74 Å². The molecule has 1 heterocycles. The summed E-state index contributed by atoms with van der Waals surface area (Å²) in [5.74, 6) is -1.93. The third-order valence-electron chi connectivity index (χ3n) is 7.40. The van der Waals surface area contributed by atoms with Gasteiger partial charge in [0, 0.05) is 19.0 Å². The number of piperidine rings is 1. The predicted octanol–water partition coefficient (Wildman–Crippen LogP) is 4.51. The Kier molecular flexibility index (Phi) is 7.43. The lowest BCUT2D eigenvalue weighted by atomic mass is 9.87. The molecule has 1 fully saturated rings. The summed E-state index contributed by atoms with van der Waals surface area (Å²) < 4.78 is 5.60. The lowest BCUT2D eigenvalue weighted by Gasteiger charge is -2.39. The molecule has 4 rings (SSSR count). The first kappa shape index (κ1) is 24.8. The summed E-state index contributed by atoms with van der Waals surface area (Å²) >= 11 is 0. The number of amides is 2. The number of hydrogen-bond acceptors (Lipinski definition) is 4. The van der Waals surface area contributed by atoms with Gasteiger partial charge in [0.15, 0.2) is 0 Å². The summed E-state index contributed by atoms with van der Waals surface area (Å²) in [6, 6.07) is 15.5. The van der Waals surface area contributed by atoms with Crippen LogP contribution in [0.3, 0.4) is 0 Å². The van der Waals surface area contributed by atoms with Crippen molar-refractivity contribution in [2.24, 2.45) is 17.8 Å². The van der Waals surface area contributed by atoms with Crippen molar-refractivity contribution in [3.63, 3.8) is 0 Å². The van der Waals surface area contributed by atoms with Crippen LogP contribution >= 0.6 is 0 Å². The Morgan fingerprint density at radius 2 is 1.66 bits per heavy atom. The highest BCUT2D eigenvalue weighted by atomic mass is 16.5. The number of benzene rings is 2. The number of carbonyl (C=O) groups is 3. The van der Waals surface area contributed by atoms with Gasteiger partial charge in [-0.1, -0.05) is 69.3 Å². The second kappa shape index (κ2) is 10.5. The Labute approximate surface area is 206 Å². The SMILES string of the molecule is CC(C)C(CNC(=O)OCC1c2ccccc2-c2ccccc21)C(=O)N1CCCC(C)C1C(=O)O. The average Bonchev–Trinajstić information content (AvgIpc) is 3.16. The number of fused-ring (bicyclic) bond motifs is 3. The van der Waals surface area contributed by atoms with E-state index >= 15 is 0 Å². The molecule has 0 radical (unpaired) electrons. The highest BCUT2D eigenvalue weighted by Crippen LogP contribution is 2.44. The third kappa shape index (κ3) is 5.04. The number of hydrogen-bond donors (Lipinski definition) is 2. The summed E-state index contributed by atoms with van der Waals surface area (Å²) in [6.07, 6.45) is 0.985. The van der Waals surface area contributed by atoms with Gasteiger partial charge >= 0.3 is 12.1 Å². The zero-order valence-electron chi connectivity index (χ0n) is 20.6. The molecule has 35 heavy (non-hydrogen) atoms. The van der Waals surface area contributed by atoms with Gasteiger partial charge in [-0.25, -0.2) is 9.59 Å². The fourth-order valence-corrected chi connectivity index (χ4v) is 5.48. The normalized spacial score (nSPS) is 20.2. The summed E-state index contributed by atoms with van der Waals surface area (Å²) in [5.41, 5.74) is 4.59. The minimum atomic E-state index is -0.974. The Balaban J connectivity index is 1.38. The minimum Gasteiger partial charge on any atom is -0.480 e. The topological polar surface area (TPSA) is 95.9 Å². The number of carbonyl (C=O) groups excluding carboxylic acids is 2. The Morgan fingerprint density at radius 1 is 1.06 bits per heavy atom. The molecule has 1 aliphatic carbocycles. The van der Waals surface area contributed by atoms with Gasteiger partial charge < -0.3 is 20.1 Å². The molecule has 2 amide bonds. The first-order valence-electron chi connectivity index (χ1n) is 12.4. The fourth-order valence-electron chi connectivity index (χ4n) is 5.48. The van der Waals surface area contributed by atoms with E-state index in [1.807, 2.05) is 45.0 Å². The number of ether oxygens (including phenoxy) is 1. The first-order valence-corrected chi connectivity index (χ1v) is 12.4. The van der Waals surface area contributed by atoms with E-state index in [-0.39, 0.29) is 36.8 Å². The maximum atomic E-state index is 13.3. The zero-order valence-corrected chi connectivity index (χ0v) is 20.6. The fraction of sp³-hybridized carbons (Fsp3) is 0.464. The molecule has 1 aliphatic heterocycles. The maximum Gasteiger partial charge on any atom is 0.407 e. The number of rotatable bonds is 7. The van der Waals surface area contributed by atoms with Crippen LogP contribution in [0, 0.1) is 17.8 Å². The van der Waals surface area contributed by atoms with Crippen molar-refractivity contribution in [1.29, 1.82) is 0 Å². The quantitative estimate of drug-likeness (QED) is 0.611. The number of aliphatic carboxylic acids is 1. The summed E-state index contributed by atoms with van der Waals surface area (Å²) in [5, 5.41) is 12.5. The van der Waals surface area contributed by atoms with Crippen molar-refractivity contribution in [3.8, 4) is 11.1 Å². The van der Waals surface area contributed by atoms with Crippen LogP contribution in [0.2, 0.25) is 0 Å². The summed E-state index contributed by atoms with van der Waals surface area (Å²) in [6.45, 7) is 6.41. The van der Waals surface area contributed by atoms with Crippen molar-refractivity contribution >= 4 is 18.0 Å². The van der Waals surface area contributed by atoms with Crippen LogP contribution in [-0.2, 0) is 14.3 Å². The molecule has 7 heteroatoms. The Morgan fingerprint density at radius 3 is 2.23 bits per heavy atom. The largest absolute Gasteiger partial charge is 0.480 e. The molecule has 0 aromatic heterocycles. The van der Waals surface area contributed by atoms with Crippen molar-refractivity contribution < 1.29 is 24.2 Å². The highest BCUT2D eigenvalue weighted by Gasteiger charge is 2.40. The van der Waals surface area contributed by atoms with Gasteiger partial charge in [-0.15, -0.1) is 0 Å². The van der Waals surface area contributed by atoms with Crippen molar-refractivity contribution in [2.75, 3.05) is 19.7 Å². The van der Waals surface area contributed by atoms with E-state index in [9.17, 15) is 19.5 Å². The first-order chi connectivity index (χ1) is 16.8.